The van der Waals surface area contributed by atoms with E-state index in [0.29, 0.717) is 12.2 Å². The third-order valence-electron chi connectivity index (χ3n) is 2.89. The molecule has 0 spiro atoms. The van der Waals surface area contributed by atoms with Gasteiger partial charge in [0.2, 0.25) is 5.91 Å². The quantitative estimate of drug-likeness (QED) is 0.783. The number of hydrogen-bond donors (Lipinski definition) is 2. The van der Waals surface area contributed by atoms with Gasteiger partial charge in [-0.25, -0.2) is 4.39 Å². The van der Waals surface area contributed by atoms with Crippen molar-refractivity contribution < 1.29 is 9.18 Å². The number of benzene rings is 1. The number of aryl methyl sites for hydroxylation is 1. The summed E-state index contributed by atoms with van der Waals surface area (Å²) in [7, 11) is 1.89. The second kappa shape index (κ2) is 6.81. The molecule has 2 aromatic rings. The van der Waals surface area contributed by atoms with Crippen molar-refractivity contribution in [1.29, 1.82) is 0 Å². The van der Waals surface area contributed by atoms with Gasteiger partial charge in [-0.2, -0.15) is 5.10 Å². The first-order chi connectivity index (χ1) is 9.65. The van der Waals surface area contributed by atoms with Crippen LogP contribution in [0.5, 0.6) is 0 Å². The zero-order valence-electron chi connectivity index (χ0n) is 11.3. The van der Waals surface area contributed by atoms with E-state index in [9.17, 15) is 9.18 Å². The van der Waals surface area contributed by atoms with Crippen LogP contribution < -0.4 is 10.6 Å². The van der Waals surface area contributed by atoms with Crippen LogP contribution in [-0.4, -0.2) is 28.8 Å². The fraction of sp³-hybridized carbons (Fsp3) is 0.286. The molecule has 0 unspecified atom stereocenters. The second-order valence-electron chi connectivity index (χ2n) is 4.43. The van der Waals surface area contributed by atoms with Gasteiger partial charge in [-0.15, -0.1) is 0 Å². The molecule has 2 rings (SSSR count). The predicted molar refractivity (Wildman–Crippen MR) is 74.8 cm³/mol. The average molecular weight is 276 g/mol. The average Bonchev–Trinajstić information content (AvgIpc) is 2.83. The molecule has 1 heterocycles. The minimum atomic E-state index is -0.322. The molecule has 0 saturated heterocycles. The number of anilines is 1. The molecule has 0 fully saturated rings. The number of carbonyl (C=O) groups excluding carboxylic acids is 1. The molecule has 6 heteroatoms. The number of rotatable bonds is 6. The molecule has 20 heavy (non-hydrogen) atoms. The summed E-state index contributed by atoms with van der Waals surface area (Å²) in [5.74, 6) is -0.473. The van der Waals surface area contributed by atoms with E-state index in [1.807, 2.05) is 13.1 Å². The van der Waals surface area contributed by atoms with Crippen LogP contribution >= 0.6 is 0 Å². The predicted octanol–water partition coefficient (Wildman–Crippen LogP) is 1.33. The van der Waals surface area contributed by atoms with E-state index in [1.54, 1.807) is 10.9 Å². The van der Waals surface area contributed by atoms with Gasteiger partial charge in [-0.3, -0.25) is 9.48 Å². The Labute approximate surface area is 116 Å². The first kappa shape index (κ1) is 14.2. The van der Waals surface area contributed by atoms with Crippen LogP contribution in [0.1, 0.15) is 5.69 Å². The Morgan fingerprint density at radius 1 is 1.30 bits per heavy atom. The minimum Gasteiger partial charge on any atom is -0.325 e. The summed E-state index contributed by atoms with van der Waals surface area (Å²) in [6.07, 6.45) is 2.55. The van der Waals surface area contributed by atoms with Gasteiger partial charge in [0, 0.05) is 37.6 Å². The van der Waals surface area contributed by atoms with Gasteiger partial charge in [-0.1, -0.05) is 0 Å². The zero-order chi connectivity index (χ0) is 14.4. The summed E-state index contributed by atoms with van der Waals surface area (Å²) in [4.78, 5) is 11.6. The highest BCUT2D eigenvalue weighted by Gasteiger charge is 2.03. The summed E-state index contributed by atoms with van der Waals surface area (Å²) in [5.41, 5.74) is 1.70. The van der Waals surface area contributed by atoms with Gasteiger partial charge in [0.05, 0.1) is 6.54 Å². The first-order valence-electron chi connectivity index (χ1n) is 6.38. The fourth-order valence-electron chi connectivity index (χ4n) is 1.80. The van der Waals surface area contributed by atoms with Gasteiger partial charge in [0.15, 0.2) is 0 Å². The Balaban J connectivity index is 1.68. The number of amides is 1. The highest BCUT2D eigenvalue weighted by atomic mass is 19.1. The number of hydrogen-bond acceptors (Lipinski definition) is 3. The molecule has 1 aromatic heterocycles. The lowest BCUT2D eigenvalue weighted by Crippen LogP contribution is -2.29. The van der Waals surface area contributed by atoms with Crippen molar-refractivity contribution in [2.24, 2.45) is 7.05 Å². The Morgan fingerprint density at radius 2 is 2.05 bits per heavy atom. The van der Waals surface area contributed by atoms with E-state index in [0.717, 1.165) is 12.1 Å². The van der Waals surface area contributed by atoms with Crippen molar-refractivity contribution in [2.75, 3.05) is 18.4 Å². The summed E-state index contributed by atoms with van der Waals surface area (Å²) in [5, 5.41) is 9.82. The number of carbonyl (C=O) groups is 1. The lowest BCUT2D eigenvalue weighted by molar-refractivity contribution is -0.115. The van der Waals surface area contributed by atoms with Crippen molar-refractivity contribution in [2.45, 2.75) is 6.42 Å². The van der Waals surface area contributed by atoms with Crippen LogP contribution in [0, 0.1) is 5.82 Å². The molecule has 0 radical (unpaired) electrons. The molecule has 0 aliphatic rings. The Morgan fingerprint density at radius 3 is 2.70 bits per heavy atom. The summed E-state index contributed by atoms with van der Waals surface area (Å²) in [6, 6.07) is 7.63. The van der Waals surface area contributed by atoms with Crippen LogP contribution in [0.2, 0.25) is 0 Å². The Kier molecular flexibility index (Phi) is 4.84. The largest absolute Gasteiger partial charge is 0.325 e. The van der Waals surface area contributed by atoms with Gasteiger partial charge >= 0.3 is 0 Å². The number of nitrogens with one attached hydrogen (secondary N) is 2. The standard InChI is InChI=1S/C14H17FN4O/c1-19-13(7-9-17-19)6-8-16-10-14(20)18-12-4-2-11(15)3-5-12/h2-5,7,9,16H,6,8,10H2,1H3,(H,18,20). The van der Waals surface area contributed by atoms with Crippen molar-refractivity contribution in [3.8, 4) is 0 Å². The summed E-state index contributed by atoms with van der Waals surface area (Å²) < 4.78 is 14.5. The van der Waals surface area contributed by atoms with E-state index in [4.69, 9.17) is 0 Å². The molecule has 1 amide bonds. The van der Waals surface area contributed by atoms with Gasteiger partial charge in [0.25, 0.3) is 0 Å². The number of aromatic nitrogens is 2. The maximum absolute atomic E-state index is 12.7. The maximum atomic E-state index is 12.7. The number of halogens is 1. The molecule has 0 aliphatic carbocycles. The highest BCUT2D eigenvalue weighted by Crippen LogP contribution is 2.07. The van der Waals surface area contributed by atoms with Crippen LogP contribution in [0.15, 0.2) is 36.5 Å². The molecular formula is C14H17FN4O. The van der Waals surface area contributed by atoms with E-state index in [1.165, 1.54) is 24.3 Å². The van der Waals surface area contributed by atoms with Crippen molar-refractivity contribution >= 4 is 11.6 Å². The first-order valence-corrected chi connectivity index (χ1v) is 6.38. The Bertz CT molecular complexity index is 565. The maximum Gasteiger partial charge on any atom is 0.238 e. The van der Waals surface area contributed by atoms with Gasteiger partial charge in [-0.05, 0) is 30.3 Å². The van der Waals surface area contributed by atoms with Crippen molar-refractivity contribution in [3.05, 3.63) is 48.0 Å². The molecule has 0 bridgehead atoms. The molecule has 0 saturated carbocycles. The van der Waals surface area contributed by atoms with Crippen LogP contribution in [0.25, 0.3) is 0 Å². The summed E-state index contributed by atoms with van der Waals surface area (Å²) >= 11 is 0. The van der Waals surface area contributed by atoms with Crippen molar-refractivity contribution in [1.82, 2.24) is 15.1 Å². The monoisotopic (exact) mass is 276 g/mol. The lowest BCUT2D eigenvalue weighted by atomic mass is 10.3. The molecule has 1 aromatic carbocycles. The van der Waals surface area contributed by atoms with Gasteiger partial charge in [0.1, 0.15) is 5.82 Å². The molecule has 5 nitrogen and oxygen atoms in total. The molecule has 0 aliphatic heterocycles. The van der Waals surface area contributed by atoms with Crippen LogP contribution in [-0.2, 0) is 18.3 Å². The number of nitrogens with zero attached hydrogens (tertiary/aromatic N) is 2. The topological polar surface area (TPSA) is 59.0 Å². The smallest absolute Gasteiger partial charge is 0.238 e. The molecular weight excluding hydrogens is 259 g/mol. The third-order valence-corrected chi connectivity index (χ3v) is 2.89. The minimum absolute atomic E-state index is 0.151. The normalized spacial score (nSPS) is 10.5. The van der Waals surface area contributed by atoms with E-state index in [2.05, 4.69) is 15.7 Å². The summed E-state index contributed by atoms with van der Waals surface area (Å²) in [6.45, 7) is 0.908. The highest BCUT2D eigenvalue weighted by molar-refractivity contribution is 5.92. The van der Waals surface area contributed by atoms with E-state index >= 15 is 0 Å². The second-order valence-corrected chi connectivity index (χ2v) is 4.43. The third kappa shape index (κ3) is 4.17. The van der Waals surface area contributed by atoms with E-state index in [-0.39, 0.29) is 18.3 Å². The van der Waals surface area contributed by atoms with Gasteiger partial charge < -0.3 is 10.6 Å². The molecule has 2 N–H and O–H groups in total. The Hall–Kier alpha value is -2.21. The van der Waals surface area contributed by atoms with Crippen LogP contribution in [0.4, 0.5) is 10.1 Å². The fourth-order valence-corrected chi connectivity index (χ4v) is 1.80. The SMILES string of the molecule is Cn1nccc1CCNCC(=O)Nc1ccc(F)cc1. The van der Waals surface area contributed by atoms with E-state index < -0.39 is 0 Å². The van der Waals surface area contributed by atoms with Crippen LogP contribution in [0.3, 0.4) is 0 Å². The lowest BCUT2D eigenvalue weighted by Gasteiger charge is -2.07. The van der Waals surface area contributed by atoms with Crippen molar-refractivity contribution in [3.63, 3.8) is 0 Å². The molecule has 106 valence electrons. The molecule has 0 atom stereocenters. The zero-order valence-corrected chi connectivity index (χ0v) is 11.3.